The lowest BCUT2D eigenvalue weighted by molar-refractivity contribution is -0.385. The number of halogens is 1. The molecule has 27 heavy (non-hydrogen) atoms. The van der Waals surface area contributed by atoms with Crippen LogP contribution in [-0.2, 0) is 0 Å². The number of nitriles is 1. The van der Waals surface area contributed by atoms with E-state index in [0.29, 0.717) is 24.8 Å². The van der Waals surface area contributed by atoms with Gasteiger partial charge < -0.3 is 15.1 Å². The quantitative estimate of drug-likeness (QED) is 0.415. The van der Waals surface area contributed by atoms with Gasteiger partial charge in [0.05, 0.1) is 35.5 Å². The monoisotopic (exact) mass is 373 g/mol. The van der Waals surface area contributed by atoms with Crippen LogP contribution in [0.1, 0.15) is 5.56 Å². The number of hydrogen-bond donors (Lipinski definition) is 2. The molecule has 0 saturated carbocycles. The van der Waals surface area contributed by atoms with E-state index >= 15 is 0 Å². The first-order valence-corrected chi connectivity index (χ1v) is 7.86. The highest BCUT2D eigenvalue weighted by Gasteiger charge is 2.16. The predicted octanol–water partition coefficient (Wildman–Crippen LogP) is 2.81. The minimum atomic E-state index is -1.02. The number of aliphatic hydroxyl groups excluding tert-OH is 2. The fraction of sp³-hybridized carbons (Fsp3) is 0.235. The van der Waals surface area contributed by atoms with Crippen LogP contribution in [0.5, 0.6) is 0 Å². The molecule has 140 valence electrons. The van der Waals surface area contributed by atoms with E-state index < -0.39 is 16.4 Å². The van der Waals surface area contributed by atoms with Crippen LogP contribution < -0.4 is 4.90 Å². The van der Waals surface area contributed by atoms with Gasteiger partial charge in [-0.05, 0) is 24.3 Å². The first-order chi connectivity index (χ1) is 13.0. The third-order valence-electron chi connectivity index (χ3n) is 3.60. The van der Waals surface area contributed by atoms with E-state index in [1.165, 1.54) is 0 Å². The number of benzene rings is 2. The summed E-state index contributed by atoms with van der Waals surface area (Å²) in [6.07, 6.45) is 0. The topological polar surface area (TPSA) is 135 Å². The van der Waals surface area contributed by atoms with Crippen LogP contribution >= 0.6 is 0 Å². The molecule has 0 amide bonds. The Morgan fingerprint density at radius 3 is 2.30 bits per heavy atom. The van der Waals surface area contributed by atoms with Gasteiger partial charge in [0.25, 0.3) is 5.69 Å². The first-order valence-electron chi connectivity index (χ1n) is 7.86. The maximum atomic E-state index is 14.0. The number of azo groups is 1. The van der Waals surface area contributed by atoms with Gasteiger partial charge in [-0.25, -0.2) is 4.39 Å². The summed E-state index contributed by atoms with van der Waals surface area (Å²) in [5, 5.41) is 45.5. The lowest BCUT2D eigenvalue weighted by Gasteiger charge is -2.22. The van der Waals surface area contributed by atoms with Gasteiger partial charge in [-0.3, -0.25) is 10.1 Å². The highest BCUT2D eigenvalue weighted by molar-refractivity contribution is 5.59. The summed E-state index contributed by atoms with van der Waals surface area (Å²) < 4.78 is 14.0. The molecule has 0 saturated heterocycles. The molecule has 0 heterocycles. The van der Waals surface area contributed by atoms with Crippen molar-refractivity contribution in [3.63, 3.8) is 0 Å². The third kappa shape index (κ3) is 5.04. The van der Waals surface area contributed by atoms with Crippen molar-refractivity contribution in [3.8, 4) is 6.07 Å². The van der Waals surface area contributed by atoms with Crippen LogP contribution in [0, 0.1) is 27.3 Å². The number of nitro groups is 1. The maximum absolute atomic E-state index is 14.0. The molecule has 0 aliphatic rings. The normalized spacial score (nSPS) is 10.7. The van der Waals surface area contributed by atoms with E-state index in [2.05, 4.69) is 10.2 Å². The standard InChI is InChI=1S/C17H16FN5O4/c18-16-10-15(23(26)27)9-12(11-19)17(16)21-20-13-1-3-14(4-2-13)22(5-7-24)6-8-25/h1-4,9-10,24-25H,5-8H2. The van der Waals surface area contributed by atoms with Gasteiger partial charge in [0.1, 0.15) is 11.8 Å². The molecule has 0 bridgehead atoms. The van der Waals surface area contributed by atoms with Crippen LogP contribution in [0.15, 0.2) is 46.6 Å². The van der Waals surface area contributed by atoms with Gasteiger partial charge >= 0.3 is 0 Å². The minimum absolute atomic E-state index is 0.0716. The Bertz CT molecular complexity index is 874. The van der Waals surface area contributed by atoms with Crippen LogP contribution in [0.4, 0.5) is 27.1 Å². The molecule has 0 spiro atoms. The molecular weight excluding hydrogens is 357 g/mol. The second-order valence-corrected chi connectivity index (χ2v) is 5.34. The lowest BCUT2D eigenvalue weighted by atomic mass is 10.1. The summed E-state index contributed by atoms with van der Waals surface area (Å²) in [6.45, 7) is 0.553. The van der Waals surface area contributed by atoms with E-state index in [4.69, 9.17) is 15.5 Å². The zero-order chi connectivity index (χ0) is 19.8. The number of nitro benzene ring substituents is 1. The smallest absolute Gasteiger partial charge is 0.273 e. The molecule has 9 nitrogen and oxygen atoms in total. The van der Waals surface area contributed by atoms with Crippen molar-refractivity contribution in [3.05, 3.63) is 57.9 Å². The number of anilines is 1. The van der Waals surface area contributed by atoms with Crippen molar-refractivity contribution in [1.29, 1.82) is 5.26 Å². The Labute approximate surface area is 153 Å². The molecule has 2 aromatic rings. The number of nitrogens with zero attached hydrogens (tertiary/aromatic N) is 5. The molecule has 0 unspecified atom stereocenters. The van der Waals surface area contributed by atoms with Crippen molar-refractivity contribution < 1.29 is 19.5 Å². The van der Waals surface area contributed by atoms with E-state index in [9.17, 15) is 14.5 Å². The molecule has 0 radical (unpaired) electrons. The Balaban J connectivity index is 2.26. The van der Waals surface area contributed by atoms with E-state index in [1.807, 2.05) is 0 Å². The van der Waals surface area contributed by atoms with Gasteiger partial charge in [0, 0.05) is 24.8 Å². The average Bonchev–Trinajstić information content (AvgIpc) is 2.66. The summed E-state index contributed by atoms with van der Waals surface area (Å²) in [7, 11) is 0. The van der Waals surface area contributed by atoms with Crippen molar-refractivity contribution in [1.82, 2.24) is 0 Å². The molecule has 0 aromatic heterocycles. The number of hydrogen-bond acceptors (Lipinski definition) is 8. The molecule has 2 aromatic carbocycles. The van der Waals surface area contributed by atoms with Crippen molar-refractivity contribution in [2.45, 2.75) is 0 Å². The number of rotatable bonds is 8. The SMILES string of the molecule is N#Cc1cc([N+](=O)[O-])cc(F)c1N=Nc1ccc(N(CCO)CCO)cc1. The van der Waals surface area contributed by atoms with Crippen LogP contribution in [0.25, 0.3) is 0 Å². The zero-order valence-electron chi connectivity index (χ0n) is 14.1. The molecule has 2 rings (SSSR count). The molecular formula is C17H16FN5O4. The van der Waals surface area contributed by atoms with Gasteiger partial charge in [-0.15, -0.1) is 5.11 Å². The third-order valence-corrected chi connectivity index (χ3v) is 3.60. The maximum Gasteiger partial charge on any atom is 0.273 e. The highest BCUT2D eigenvalue weighted by atomic mass is 19.1. The fourth-order valence-electron chi connectivity index (χ4n) is 2.33. The Kier molecular flexibility index (Phi) is 6.87. The summed E-state index contributed by atoms with van der Waals surface area (Å²) in [4.78, 5) is 11.7. The van der Waals surface area contributed by atoms with Gasteiger partial charge in [-0.1, -0.05) is 0 Å². The van der Waals surface area contributed by atoms with E-state index in [1.54, 1.807) is 35.2 Å². The molecule has 0 aliphatic heterocycles. The van der Waals surface area contributed by atoms with Gasteiger partial charge in [0.15, 0.2) is 5.82 Å². The zero-order valence-corrected chi connectivity index (χ0v) is 14.1. The molecule has 0 atom stereocenters. The lowest BCUT2D eigenvalue weighted by Crippen LogP contribution is -2.29. The summed E-state index contributed by atoms with van der Waals surface area (Å²) in [6, 6.07) is 9.85. The Hall–Kier alpha value is -3.42. The van der Waals surface area contributed by atoms with Crippen LogP contribution in [0.2, 0.25) is 0 Å². The second kappa shape index (κ2) is 9.33. The van der Waals surface area contributed by atoms with E-state index in [0.717, 1.165) is 11.8 Å². The molecule has 0 aliphatic carbocycles. The number of aliphatic hydroxyl groups is 2. The van der Waals surface area contributed by atoms with E-state index in [-0.39, 0.29) is 24.5 Å². The summed E-state index contributed by atoms with van der Waals surface area (Å²) >= 11 is 0. The van der Waals surface area contributed by atoms with Crippen LogP contribution in [0.3, 0.4) is 0 Å². The average molecular weight is 373 g/mol. The summed E-state index contributed by atoms with van der Waals surface area (Å²) in [5.74, 6) is -1.02. The second-order valence-electron chi connectivity index (χ2n) is 5.34. The predicted molar refractivity (Wildman–Crippen MR) is 94.8 cm³/mol. The van der Waals surface area contributed by atoms with Gasteiger partial charge in [0.2, 0.25) is 0 Å². The summed E-state index contributed by atoms with van der Waals surface area (Å²) in [5.41, 5.74) is -0.0988. The first kappa shape index (κ1) is 19.9. The number of non-ortho nitro benzene ring substituents is 1. The Morgan fingerprint density at radius 2 is 1.78 bits per heavy atom. The molecule has 10 heteroatoms. The van der Waals surface area contributed by atoms with Crippen molar-refractivity contribution in [2.24, 2.45) is 10.2 Å². The molecule has 2 N–H and O–H groups in total. The Morgan fingerprint density at radius 1 is 1.15 bits per heavy atom. The van der Waals surface area contributed by atoms with Crippen LogP contribution in [-0.4, -0.2) is 41.4 Å². The fourth-order valence-corrected chi connectivity index (χ4v) is 2.33. The van der Waals surface area contributed by atoms with Crippen molar-refractivity contribution >= 4 is 22.7 Å². The molecule has 0 fully saturated rings. The van der Waals surface area contributed by atoms with Gasteiger partial charge in [-0.2, -0.15) is 10.4 Å². The largest absolute Gasteiger partial charge is 0.395 e. The highest BCUT2D eigenvalue weighted by Crippen LogP contribution is 2.30. The minimum Gasteiger partial charge on any atom is -0.395 e. The van der Waals surface area contributed by atoms with Crippen molar-refractivity contribution in [2.75, 3.05) is 31.2 Å².